The quantitative estimate of drug-likeness (QED) is 0.0191. The fourth-order valence-electron chi connectivity index (χ4n) is 7.77. The predicted octanol–water partition coefficient (Wildman–Crippen LogP) is 8.41. The summed E-state index contributed by atoms with van der Waals surface area (Å²) in [6.07, 6.45) is 0. The number of benzene rings is 5. The molecule has 0 fully saturated rings. The second kappa shape index (κ2) is 22.4. The molecule has 71 heavy (non-hydrogen) atoms. The number of amides is 4. The lowest BCUT2D eigenvalue weighted by Gasteiger charge is -2.31. The van der Waals surface area contributed by atoms with Crippen LogP contribution in [0, 0.1) is 0 Å². The van der Waals surface area contributed by atoms with Gasteiger partial charge in [0.2, 0.25) is 0 Å². The number of nitrogens with zero attached hydrogens (tertiary/aromatic N) is 2. The van der Waals surface area contributed by atoms with Gasteiger partial charge in [-0.3, -0.25) is 33.8 Å². The van der Waals surface area contributed by atoms with Crippen LogP contribution >= 0.6 is 0 Å². The van der Waals surface area contributed by atoms with Crippen LogP contribution in [-0.2, 0) is 28.6 Å². The van der Waals surface area contributed by atoms with E-state index in [-0.39, 0.29) is 74.2 Å². The average molecular weight is 967 g/mol. The maximum atomic E-state index is 13.5. The van der Waals surface area contributed by atoms with Gasteiger partial charge in [0.15, 0.2) is 5.78 Å². The van der Waals surface area contributed by atoms with Crippen LogP contribution in [0.3, 0.4) is 0 Å². The van der Waals surface area contributed by atoms with Gasteiger partial charge in [0.05, 0.1) is 5.39 Å². The van der Waals surface area contributed by atoms with Gasteiger partial charge in [-0.1, -0.05) is 50.1 Å². The highest BCUT2D eigenvalue weighted by molar-refractivity contribution is 6.30. The molecule has 5 aromatic rings. The van der Waals surface area contributed by atoms with Crippen molar-refractivity contribution < 1.29 is 66.8 Å². The number of hydrogen-bond acceptors (Lipinski definition) is 14. The van der Waals surface area contributed by atoms with Gasteiger partial charge in [-0.15, -0.1) is 0 Å². The zero-order valence-electron chi connectivity index (χ0n) is 40.6. The highest BCUT2D eigenvalue weighted by Crippen LogP contribution is 2.42. The van der Waals surface area contributed by atoms with Gasteiger partial charge < -0.3 is 28.4 Å². The fourth-order valence-corrected chi connectivity index (χ4v) is 7.77. The number of carbonyl (C=O) groups is 8. The molecule has 0 aromatic heterocycles. The van der Waals surface area contributed by atoms with E-state index in [1.165, 1.54) is 9.80 Å². The predicted molar refractivity (Wildman–Crippen MR) is 263 cm³/mol. The van der Waals surface area contributed by atoms with Gasteiger partial charge >= 0.3 is 17.9 Å². The number of rotatable bonds is 19. The van der Waals surface area contributed by atoms with Gasteiger partial charge in [0.25, 0.3) is 23.6 Å². The van der Waals surface area contributed by atoms with Crippen LogP contribution in [0.4, 0.5) is 0 Å². The van der Waals surface area contributed by atoms with Gasteiger partial charge in [-0.2, -0.15) is 0 Å². The highest BCUT2D eigenvalue weighted by Gasteiger charge is 2.38. The van der Waals surface area contributed by atoms with E-state index in [0.29, 0.717) is 72.2 Å². The molecule has 7 rings (SSSR count). The Morgan fingerprint density at radius 2 is 0.761 bits per heavy atom. The number of ether oxygens (including phenoxy) is 6. The minimum atomic E-state index is -0.534. The summed E-state index contributed by atoms with van der Waals surface area (Å²) in [6.45, 7) is 22.3. The maximum absolute atomic E-state index is 13.5. The van der Waals surface area contributed by atoms with Gasteiger partial charge in [-0.05, 0) is 97.0 Å². The Hall–Kier alpha value is -8.40. The smallest absolute Gasteiger partial charge is 0.333 e. The largest absolute Gasteiger partial charge is 0.489 e. The number of carbonyl (C=O) groups excluding carboxylic acids is 8. The van der Waals surface area contributed by atoms with Gasteiger partial charge in [0.1, 0.15) is 56.9 Å². The van der Waals surface area contributed by atoms with E-state index < -0.39 is 41.5 Å². The second-order valence-electron chi connectivity index (χ2n) is 17.1. The summed E-state index contributed by atoms with van der Waals surface area (Å²) in [6, 6.07) is 20.9. The molecule has 0 unspecified atom stereocenters. The second-order valence-corrected chi connectivity index (χ2v) is 17.1. The molecule has 0 atom stereocenters. The van der Waals surface area contributed by atoms with Crippen molar-refractivity contribution >= 4 is 68.9 Å². The Balaban J connectivity index is 0.000000232. The Kier molecular flexibility index (Phi) is 16.4. The Bertz CT molecular complexity index is 2930. The lowest BCUT2D eigenvalue weighted by Crippen LogP contribution is -2.44. The molecule has 16 heteroatoms. The van der Waals surface area contributed by atoms with Crippen molar-refractivity contribution in [1.29, 1.82) is 0 Å². The molecule has 0 spiro atoms. The first-order chi connectivity index (χ1) is 33.8. The summed E-state index contributed by atoms with van der Waals surface area (Å²) in [5.74, 6) is -2.54. The van der Waals surface area contributed by atoms with E-state index in [4.69, 9.17) is 28.4 Å². The third-order valence-electron chi connectivity index (χ3n) is 11.1. The molecular formula is C55H54N2O14. The molecule has 0 N–H and O–H groups in total. The monoisotopic (exact) mass is 966 g/mol. The first-order valence-corrected chi connectivity index (χ1v) is 22.7. The normalized spacial score (nSPS) is 12.6. The van der Waals surface area contributed by atoms with Crippen molar-refractivity contribution in [1.82, 2.24) is 9.80 Å². The van der Waals surface area contributed by atoms with Crippen molar-refractivity contribution in [2.24, 2.45) is 0 Å². The van der Waals surface area contributed by atoms with Gasteiger partial charge in [0, 0.05) is 78.3 Å². The number of imide groups is 2. The zero-order valence-corrected chi connectivity index (χ0v) is 40.6. The minimum Gasteiger partial charge on any atom is -0.489 e. The third kappa shape index (κ3) is 11.1. The molecule has 2 aliphatic heterocycles. The van der Waals surface area contributed by atoms with Crippen molar-refractivity contribution in [3.8, 4) is 17.2 Å². The standard InChI is InChI=1S/C28H25NO6.C27H29NO8/c1-16(2)28(33)35-15-14-34-22-13-12-21-23-20(26(31)29(17(3)4)27(21)32)11-10-19(24(22)23)25(30)18-8-6-5-7-9-18;1-15(2)26(31)35-13-11-33-20-9-7-18-22-19(25(30)28(17(5)6)24(18)29)8-10-21(23(20)22)34-12-14-36-27(32)16(3)4/h5-13,17H,1,14-15H2,2-4H3;7-10,17H,1,3,11-14H2,2,4-6H3. The Morgan fingerprint density at radius 3 is 1.10 bits per heavy atom. The van der Waals surface area contributed by atoms with Gasteiger partial charge in [-0.25, -0.2) is 14.4 Å². The van der Waals surface area contributed by atoms with Crippen LogP contribution < -0.4 is 14.2 Å². The van der Waals surface area contributed by atoms with Crippen molar-refractivity contribution in [2.45, 2.75) is 60.5 Å². The van der Waals surface area contributed by atoms with Crippen LogP contribution in [-0.4, -0.2) is 109 Å². The van der Waals surface area contributed by atoms with E-state index in [2.05, 4.69) is 19.7 Å². The molecule has 0 bridgehead atoms. The zero-order chi connectivity index (χ0) is 51.8. The average Bonchev–Trinajstić information content (AvgIpc) is 3.33. The van der Waals surface area contributed by atoms with Crippen LogP contribution in [0.25, 0.3) is 21.5 Å². The van der Waals surface area contributed by atoms with E-state index in [0.717, 1.165) is 0 Å². The van der Waals surface area contributed by atoms with E-state index in [1.807, 2.05) is 6.07 Å². The van der Waals surface area contributed by atoms with Crippen molar-refractivity contribution in [3.63, 3.8) is 0 Å². The first-order valence-electron chi connectivity index (χ1n) is 22.7. The summed E-state index contributed by atoms with van der Waals surface area (Å²) in [7, 11) is 0. The summed E-state index contributed by atoms with van der Waals surface area (Å²) >= 11 is 0. The summed E-state index contributed by atoms with van der Waals surface area (Å²) in [5, 5.41) is 1.60. The molecule has 5 aromatic carbocycles. The summed E-state index contributed by atoms with van der Waals surface area (Å²) in [5.41, 5.74) is 2.92. The lowest BCUT2D eigenvalue weighted by molar-refractivity contribution is -0.140. The molecule has 0 aliphatic carbocycles. The lowest BCUT2D eigenvalue weighted by atomic mass is 9.88. The van der Waals surface area contributed by atoms with E-state index >= 15 is 0 Å². The minimum absolute atomic E-state index is 0.0106. The molecule has 368 valence electrons. The van der Waals surface area contributed by atoms with Crippen LogP contribution in [0.2, 0.25) is 0 Å². The highest BCUT2D eigenvalue weighted by atomic mass is 16.6. The maximum Gasteiger partial charge on any atom is 0.333 e. The van der Waals surface area contributed by atoms with Crippen molar-refractivity contribution in [2.75, 3.05) is 39.6 Å². The molecule has 2 aliphatic rings. The Morgan fingerprint density at radius 1 is 0.437 bits per heavy atom. The van der Waals surface area contributed by atoms with Crippen LogP contribution in [0.15, 0.2) is 115 Å². The molecule has 16 nitrogen and oxygen atoms in total. The van der Waals surface area contributed by atoms with Crippen LogP contribution in [0.1, 0.15) is 106 Å². The SMILES string of the molecule is C=C(C)C(=O)OCCOc1ccc2c3c(ccc(C(=O)c4ccccc4)c13)C(=O)N(C(C)C)C2=O.C=C(C)C(=O)OCCOc1ccc2c3c(ccc(OCCOC(=O)C(=C)C)c13)C(=O)N(C(C)C)C2=O. The Labute approximate surface area is 410 Å². The summed E-state index contributed by atoms with van der Waals surface area (Å²) < 4.78 is 32.9. The molecular weight excluding hydrogens is 913 g/mol. The number of hydrogen-bond donors (Lipinski definition) is 0. The third-order valence-corrected chi connectivity index (χ3v) is 11.1. The van der Waals surface area contributed by atoms with E-state index in [1.54, 1.807) is 121 Å². The molecule has 0 saturated carbocycles. The number of esters is 3. The summed E-state index contributed by atoms with van der Waals surface area (Å²) in [4.78, 5) is 104. The van der Waals surface area contributed by atoms with Crippen LogP contribution in [0.5, 0.6) is 17.2 Å². The molecule has 0 saturated heterocycles. The first kappa shape index (κ1) is 52.0. The topological polar surface area (TPSA) is 198 Å². The molecule has 2 heterocycles. The van der Waals surface area contributed by atoms with Crippen molar-refractivity contribution in [3.05, 3.63) is 149 Å². The molecule has 0 radical (unpaired) electrons. The fraction of sp³-hybridized carbons (Fsp3) is 0.273. The number of ketones is 1. The molecule has 4 amide bonds. The van der Waals surface area contributed by atoms with E-state index in [9.17, 15) is 38.4 Å².